The molecule has 11 nitrogen and oxygen atoms in total. The number of nitrogens with two attached hydrogens (primary N) is 2. The molecule has 1 aliphatic rings. The van der Waals surface area contributed by atoms with E-state index in [2.05, 4.69) is 9.69 Å². The number of ether oxygens (including phenoxy) is 3. The Bertz CT molecular complexity index is 1410. The third-order valence-electron chi connectivity index (χ3n) is 7.46. The van der Waals surface area contributed by atoms with E-state index in [1.54, 1.807) is 24.3 Å². The molecule has 1 aromatic heterocycles. The molecule has 1 heterocycles. The molecule has 224 valence electrons. The van der Waals surface area contributed by atoms with Crippen molar-refractivity contribution in [3.05, 3.63) is 58.1 Å². The zero-order chi connectivity index (χ0) is 30.4. The number of amides is 3. The molecule has 1 aliphatic carbocycles. The minimum Gasteiger partial charge on any atom is -0.493 e. The SMILES string of the molecule is CCc1ccc(N(C(=O)c2snc(C(N)=O)c2N)[C@H](C(=O)NC2CCCCC2)c2cc(OC)c(OC)c(OC)c2)cc1. The first-order valence-electron chi connectivity index (χ1n) is 13.8. The highest BCUT2D eigenvalue weighted by Gasteiger charge is 2.38. The molecule has 3 amide bonds. The van der Waals surface area contributed by atoms with Crippen LogP contribution in [0.15, 0.2) is 36.4 Å². The van der Waals surface area contributed by atoms with Gasteiger partial charge in [0.2, 0.25) is 11.7 Å². The van der Waals surface area contributed by atoms with Crippen molar-refractivity contribution in [1.82, 2.24) is 9.69 Å². The van der Waals surface area contributed by atoms with E-state index in [4.69, 9.17) is 25.7 Å². The zero-order valence-corrected chi connectivity index (χ0v) is 25.1. The molecular formula is C30H37N5O6S. The Hall–Kier alpha value is -4.32. The highest BCUT2D eigenvalue weighted by Crippen LogP contribution is 2.42. The van der Waals surface area contributed by atoms with E-state index in [0.717, 1.165) is 55.6 Å². The Kier molecular flexibility index (Phi) is 9.89. The Morgan fingerprint density at radius 3 is 2.14 bits per heavy atom. The number of nitrogens with zero attached hydrogens (tertiary/aromatic N) is 2. The summed E-state index contributed by atoms with van der Waals surface area (Å²) >= 11 is 0.756. The first-order valence-corrected chi connectivity index (χ1v) is 14.6. The molecule has 5 N–H and O–H groups in total. The van der Waals surface area contributed by atoms with Gasteiger partial charge in [0.15, 0.2) is 17.2 Å². The molecular weight excluding hydrogens is 558 g/mol. The van der Waals surface area contributed by atoms with Gasteiger partial charge in [-0.1, -0.05) is 38.3 Å². The number of benzene rings is 2. The van der Waals surface area contributed by atoms with Gasteiger partial charge in [0.1, 0.15) is 10.9 Å². The number of rotatable bonds is 11. The summed E-state index contributed by atoms with van der Waals surface area (Å²) in [5.74, 6) is -0.855. The topological polar surface area (TPSA) is 159 Å². The second-order valence-corrected chi connectivity index (χ2v) is 10.8. The second kappa shape index (κ2) is 13.6. The van der Waals surface area contributed by atoms with Crippen molar-refractivity contribution >= 4 is 40.6 Å². The van der Waals surface area contributed by atoms with Crippen LogP contribution in [0.1, 0.15) is 76.4 Å². The summed E-state index contributed by atoms with van der Waals surface area (Å²) in [5.41, 5.74) is 13.2. The summed E-state index contributed by atoms with van der Waals surface area (Å²) in [6, 6.07) is 9.43. The molecule has 1 atom stereocenters. The van der Waals surface area contributed by atoms with Gasteiger partial charge in [-0.05, 0) is 66.2 Å². The van der Waals surface area contributed by atoms with Crippen LogP contribution in [0, 0.1) is 0 Å². The maximum Gasteiger partial charge on any atom is 0.273 e. The highest BCUT2D eigenvalue weighted by molar-refractivity contribution is 7.09. The van der Waals surface area contributed by atoms with E-state index < -0.39 is 17.9 Å². The van der Waals surface area contributed by atoms with Crippen molar-refractivity contribution in [3.63, 3.8) is 0 Å². The molecule has 1 fully saturated rings. The van der Waals surface area contributed by atoms with Crippen molar-refractivity contribution in [2.75, 3.05) is 32.0 Å². The average molecular weight is 596 g/mol. The minimum atomic E-state index is -1.18. The first kappa shape index (κ1) is 30.6. The van der Waals surface area contributed by atoms with E-state index in [1.807, 2.05) is 19.1 Å². The monoisotopic (exact) mass is 595 g/mol. The Balaban J connectivity index is 1.94. The van der Waals surface area contributed by atoms with Crippen molar-refractivity contribution in [3.8, 4) is 17.2 Å². The van der Waals surface area contributed by atoms with E-state index in [1.165, 1.54) is 26.2 Å². The first-order chi connectivity index (χ1) is 20.2. The van der Waals surface area contributed by atoms with Crippen LogP contribution in [0.4, 0.5) is 11.4 Å². The van der Waals surface area contributed by atoms with Crippen LogP contribution < -0.4 is 35.9 Å². The van der Waals surface area contributed by atoms with Crippen LogP contribution in [0.2, 0.25) is 0 Å². The Morgan fingerprint density at radius 1 is 1.02 bits per heavy atom. The average Bonchev–Trinajstić information content (AvgIpc) is 3.40. The number of hydrogen-bond acceptors (Lipinski definition) is 9. The van der Waals surface area contributed by atoms with Gasteiger partial charge >= 0.3 is 0 Å². The number of aromatic nitrogens is 1. The number of hydrogen-bond donors (Lipinski definition) is 3. The molecule has 0 aliphatic heterocycles. The van der Waals surface area contributed by atoms with Crippen molar-refractivity contribution in [2.45, 2.75) is 57.5 Å². The molecule has 0 radical (unpaired) electrons. The quantitative estimate of drug-likeness (QED) is 0.297. The summed E-state index contributed by atoms with van der Waals surface area (Å²) in [5, 5.41) is 3.17. The Labute approximate surface area is 249 Å². The lowest BCUT2D eigenvalue weighted by Crippen LogP contribution is -2.47. The molecule has 0 saturated heterocycles. The lowest BCUT2D eigenvalue weighted by molar-refractivity contribution is -0.123. The fourth-order valence-electron chi connectivity index (χ4n) is 5.22. The van der Waals surface area contributed by atoms with Crippen LogP contribution in [0.25, 0.3) is 0 Å². The largest absolute Gasteiger partial charge is 0.493 e. The van der Waals surface area contributed by atoms with Gasteiger partial charge < -0.3 is 31.0 Å². The fourth-order valence-corrected chi connectivity index (χ4v) is 5.96. The van der Waals surface area contributed by atoms with Crippen LogP contribution in [-0.4, -0.2) is 49.5 Å². The highest BCUT2D eigenvalue weighted by atomic mass is 32.1. The lowest BCUT2D eigenvalue weighted by Gasteiger charge is -2.33. The third-order valence-corrected chi connectivity index (χ3v) is 8.31. The van der Waals surface area contributed by atoms with Crippen LogP contribution in [0.5, 0.6) is 17.2 Å². The Morgan fingerprint density at radius 2 is 1.64 bits per heavy atom. The molecule has 0 bridgehead atoms. The zero-order valence-electron chi connectivity index (χ0n) is 24.3. The molecule has 0 unspecified atom stereocenters. The second-order valence-electron chi connectivity index (χ2n) is 10.0. The number of anilines is 2. The maximum atomic E-state index is 14.4. The van der Waals surface area contributed by atoms with Crippen LogP contribution >= 0.6 is 11.5 Å². The van der Waals surface area contributed by atoms with Gasteiger partial charge in [-0.2, -0.15) is 4.37 Å². The normalized spacial score (nSPS) is 14.1. The standard InChI is InChI=1S/C30H37N5O6S/c1-5-17-11-13-20(14-12-17)35(30(38)27-23(31)24(28(32)36)34-42-27)25(29(37)33-19-9-7-6-8-10-19)18-15-21(39-2)26(41-4)22(16-18)40-3/h11-16,19,25H,5-10,31H2,1-4H3,(H2,32,36)(H,33,37)/t25-/m0/s1. The van der Waals surface area contributed by atoms with Crippen LogP contribution in [-0.2, 0) is 11.2 Å². The van der Waals surface area contributed by atoms with Gasteiger partial charge in [-0.25, -0.2) is 0 Å². The van der Waals surface area contributed by atoms with Crippen molar-refractivity contribution < 1.29 is 28.6 Å². The van der Waals surface area contributed by atoms with Crippen molar-refractivity contribution in [1.29, 1.82) is 0 Å². The summed E-state index contributed by atoms with van der Waals surface area (Å²) in [6.45, 7) is 2.03. The summed E-state index contributed by atoms with van der Waals surface area (Å²) in [7, 11) is 4.45. The number of aryl methyl sites for hydroxylation is 1. The summed E-state index contributed by atoms with van der Waals surface area (Å²) in [4.78, 5) is 42.0. The van der Waals surface area contributed by atoms with E-state index in [-0.39, 0.29) is 28.2 Å². The van der Waals surface area contributed by atoms with Crippen molar-refractivity contribution in [2.24, 2.45) is 5.73 Å². The number of primary amides is 1. The summed E-state index contributed by atoms with van der Waals surface area (Å²) in [6.07, 6.45) is 5.61. The van der Waals surface area contributed by atoms with Gasteiger partial charge in [-0.3, -0.25) is 19.3 Å². The van der Waals surface area contributed by atoms with E-state index in [9.17, 15) is 14.4 Å². The lowest BCUT2D eigenvalue weighted by atomic mass is 9.94. The molecule has 42 heavy (non-hydrogen) atoms. The maximum absolute atomic E-state index is 14.4. The minimum absolute atomic E-state index is 0.00808. The van der Waals surface area contributed by atoms with E-state index >= 15 is 0 Å². The number of methoxy groups -OCH3 is 3. The van der Waals surface area contributed by atoms with Gasteiger partial charge in [0, 0.05) is 11.7 Å². The van der Waals surface area contributed by atoms with Crippen LogP contribution in [0.3, 0.4) is 0 Å². The fraction of sp³-hybridized carbons (Fsp3) is 0.400. The number of carbonyl (C=O) groups is 3. The van der Waals surface area contributed by atoms with Gasteiger partial charge in [-0.15, -0.1) is 0 Å². The predicted octanol–water partition coefficient (Wildman–Crippen LogP) is 4.25. The summed E-state index contributed by atoms with van der Waals surface area (Å²) < 4.78 is 20.7. The molecule has 3 aromatic rings. The molecule has 4 rings (SSSR count). The molecule has 12 heteroatoms. The van der Waals surface area contributed by atoms with Gasteiger partial charge in [0.05, 0.1) is 27.0 Å². The molecule has 2 aromatic carbocycles. The predicted molar refractivity (Wildman–Crippen MR) is 162 cm³/mol. The van der Waals surface area contributed by atoms with Gasteiger partial charge in [0.25, 0.3) is 11.8 Å². The number of nitrogen functional groups attached to an aromatic ring is 1. The third kappa shape index (κ3) is 6.28. The number of carbonyl (C=O) groups excluding carboxylic acids is 3. The smallest absolute Gasteiger partial charge is 0.273 e. The van der Waals surface area contributed by atoms with E-state index in [0.29, 0.717) is 28.5 Å². The number of nitrogens with one attached hydrogen (secondary N) is 1. The molecule has 0 spiro atoms. The molecule has 1 saturated carbocycles.